The molecule has 1 atom stereocenters. The molecule has 1 unspecified atom stereocenters. The van der Waals surface area contributed by atoms with E-state index < -0.39 is 11.4 Å². The van der Waals surface area contributed by atoms with Crippen LogP contribution in [-0.4, -0.2) is 27.4 Å². The van der Waals surface area contributed by atoms with Crippen LogP contribution in [0.2, 0.25) is 0 Å². The standard InChI is InChI=1S/C4H8O3S.Li.H/c1-2-8-4(7)3(5)6;;/h4,7H,2H2,1H3,(H,5,6);;/q;+1;-1. The zero-order valence-corrected chi connectivity index (χ0v) is 6.31. The Kier molecular flexibility index (Phi) is 8.73. The number of hydrogen-bond donors (Lipinski definition) is 2. The van der Waals surface area contributed by atoms with Gasteiger partial charge in [-0.05, 0) is 5.75 Å². The minimum Gasteiger partial charge on any atom is -1.00 e. The summed E-state index contributed by atoms with van der Waals surface area (Å²) in [6, 6.07) is 0. The van der Waals surface area contributed by atoms with E-state index in [1.165, 1.54) is 0 Å². The van der Waals surface area contributed by atoms with Crippen molar-refractivity contribution in [1.82, 2.24) is 0 Å². The van der Waals surface area contributed by atoms with E-state index in [2.05, 4.69) is 0 Å². The molecule has 0 bridgehead atoms. The number of carboxylic acids is 1. The number of aliphatic hydroxyl groups is 1. The zero-order chi connectivity index (χ0) is 6.57. The van der Waals surface area contributed by atoms with Gasteiger partial charge in [-0.25, -0.2) is 4.79 Å². The molecule has 0 heterocycles. The zero-order valence-electron chi connectivity index (χ0n) is 6.50. The Bertz CT molecular complexity index is 92.6. The van der Waals surface area contributed by atoms with E-state index >= 15 is 0 Å². The van der Waals surface area contributed by atoms with E-state index in [0.29, 0.717) is 5.75 Å². The van der Waals surface area contributed by atoms with Crippen molar-refractivity contribution in [2.75, 3.05) is 5.75 Å². The molecule has 0 saturated heterocycles. The van der Waals surface area contributed by atoms with Gasteiger partial charge in [-0.1, -0.05) is 6.92 Å². The fourth-order valence-electron chi connectivity index (χ4n) is 0.229. The molecule has 0 aliphatic rings. The largest absolute Gasteiger partial charge is 1.00 e. The Morgan fingerprint density at radius 1 is 1.89 bits per heavy atom. The summed E-state index contributed by atoms with van der Waals surface area (Å²) >= 11 is 0.995. The van der Waals surface area contributed by atoms with Gasteiger partial charge in [0.25, 0.3) is 0 Å². The third-order valence-electron chi connectivity index (χ3n) is 0.536. The fourth-order valence-corrected chi connectivity index (χ4v) is 0.687. The summed E-state index contributed by atoms with van der Waals surface area (Å²) in [5.74, 6) is -0.551. The topological polar surface area (TPSA) is 57.5 Å². The number of aliphatic carboxylic acids is 1. The number of hydrogen-bond acceptors (Lipinski definition) is 3. The van der Waals surface area contributed by atoms with Gasteiger partial charge in [0.2, 0.25) is 0 Å². The van der Waals surface area contributed by atoms with Gasteiger partial charge in [-0.3, -0.25) is 0 Å². The molecule has 0 amide bonds. The fraction of sp³-hybridized carbons (Fsp3) is 0.750. The molecule has 5 heteroatoms. The Morgan fingerprint density at radius 2 is 2.33 bits per heavy atom. The Labute approximate surface area is 71.5 Å². The molecular weight excluding hydrogens is 135 g/mol. The van der Waals surface area contributed by atoms with Gasteiger partial charge >= 0.3 is 24.8 Å². The summed E-state index contributed by atoms with van der Waals surface area (Å²) in [7, 11) is 0. The molecule has 0 radical (unpaired) electrons. The van der Waals surface area contributed by atoms with Crippen molar-refractivity contribution in [3.8, 4) is 0 Å². The van der Waals surface area contributed by atoms with Gasteiger partial charge in [-0.2, -0.15) is 0 Å². The minimum atomic E-state index is -1.25. The maximum Gasteiger partial charge on any atom is 1.00 e. The first-order valence-corrected chi connectivity index (χ1v) is 3.25. The van der Waals surface area contributed by atoms with Crippen molar-refractivity contribution in [2.24, 2.45) is 0 Å². The van der Waals surface area contributed by atoms with Crippen molar-refractivity contribution in [3.05, 3.63) is 0 Å². The second-order valence-electron chi connectivity index (χ2n) is 1.15. The summed E-state index contributed by atoms with van der Waals surface area (Å²) < 4.78 is 0. The average molecular weight is 144 g/mol. The Balaban J connectivity index is -0.000000245. The number of aliphatic hydroxyl groups excluding tert-OH is 1. The van der Waals surface area contributed by atoms with Crippen molar-refractivity contribution in [2.45, 2.75) is 12.4 Å². The van der Waals surface area contributed by atoms with E-state index in [1.807, 2.05) is 0 Å². The van der Waals surface area contributed by atoms with Crippen LogP contribution in [0, 0.1) is 0 Å². The summed E-state index contributed by atoms with van der Waals surface area (Å²) in [6.45, 7) is 1.79. The first-order valence-electron chi connectivity index (χ1n) is 2.21. The smallest absolute Gasteiger partial charge is 1.00 e. The molecule has 0 aromatic rings. The SMILES string of the molecule is CCSC(O)C(=O)O.[H-].[Li+]. The van der Waals surface area contributed by atoms with Gasteiger partial charge in [0.15, 0.2) is 5.44 Å². The van der Waals surface area contributed by atoms with E-state index in [4.69, 9.17) is 10.2 Å². The predicted octanol–water partition coefficient (Wildman–Crippen LogP) is -2.74. The van der Waals surface area contributed by atoms with E-state index in [-0.39, 0.29) is 20.3 Å². The molecule has 0 aliphatic heterocycles. The van der Waals surface area contributed by atoms with Crippen LogP contribution >= 0.6 is 11.8 Å². The normalized spacial score (nSPS) is 11.8. The van der Waals surface area contributed by atoms with Gasteiger partial charge < -0.3 is 11.6 Å². The van der Waals surface area contributed by atoms with Crippen LogP contribution in [0.1, 0.15) is 8.35 Å². The van der Waals surface area contributed by atoms with Crippen LogP contribution in [0.25, 0.3) is 0 Å². The van der Waals surface area contributed by atoms with Gasteiger partial charge in [0.05, 0.1) is 0 Å². The molecule has 9 heavy (non-hydrogen) atoms. The van der Waals surface area contributed by atoms with E-state index in [1.54, 1.807) is 6.92 Å². The predicted molar refractivity (Wildman–Crippen MR) is 32.9 cm³/mol. The summed E-state index contributed by atoms with van der Waals surface area (Å²) in [4.78, 5) is 9.82. The molecule has 0 aromatic carbocycles. The summed E-state index contributed by atoms with van der Waals surface area (Å²) in [5, 5.41) is 16.5. The second kappa shape index (κ2) is 6.50. The molecule has 50 valence electrons. The molecule has 0 spiro atoms. The molecule has 0 aromatic heterocycles. The van der Waals surface area contributed by atoms with E-state index in [9.17, 15) is 4.79 Å². The van der Waals surface area contributed by atoms with Crippen LogP contribution in [0.3, 0.4) is 0 Å². The number of thioether (sulfide) groups is 1. The minimum absolute atomic E-state index is 0. The quantitative estimate of drug-likeness (QED) is 0.333. The van der Waals surface area contributed by atoms with Gasteiger partial charge in [0.1, 0.15) is 0 Å². The summed E-state index contributed by atoms with van der Waals surface area (Å²) in [6.07, 6.45) is 0. The van der Waals surface area contributed by atoms with Crippen LogP contribution in [-0.2, 0) is 4.79 Å². The van der Waals surface area contributed by atoms with Crippen molar-refractivity contribution in [1.29, 1.82) is 0 Å². The third-order valence-corrected chi connectivity index (χ3v) is 1.39. The first-order chi connectivity index (χ1) is 3.68. The molecule has 0 rings (SSSR count). The first kappa shape index (κ1) is 12.1. The van der Waals surface area contributed by atoms with Gasteiger partial charge in [-0.15, -0.1) is 11.8 Å². The molecule has 3 nitrogen and oxygen atoms in total. The maximum atomic E-state index is 9.82. The van der Waals surface area contributed by atoms with Crippen molar-refractivity contribution < 1.29 is 35.3 Å². The van der Waals surface area contributed by atoms with Crippen LogP contribution < -0.4 is 18.9 Å². The molecule has 0 aliphatic carbocycles. The van der Waals surface area contributed by atoms with Crippen LogP contribution in [0.5, 0.6) is 0 Å². The van der Waals surface area contributed by atoms with Crippen molar-refractivity contribution in [3.63, 3.8) is 0 Å². The number of carboxylic acid groups (broad SMARTS) is 1. The molecule has 2 N–H and O–H groups in total. The monoisotopic (exact) mass is 144 g/mol. The molecule has 0 fully saturated rings. The van der Waals surface area contributed by atoms with Crippen LogP contribution in [0.15, 0.2) is 0 Å². The van der Waals surface area contributed by atoms with Crippen LogP contribution in [0.4, 0.5) is 0 Å². The maximum absolute atomic E-state index is 9.82. The number of carbonyl (C=O) groups is 1. The van der Waals surface area contributed by atoms with E-state index in [0.717, 1.165) is 11.8 Å². The summed E-state index contributed by atoms with van der Waals surface area (Å²) in [5.41, 5.74) is -1.25. The molecular formula is C4H9LiO3S. The second-order valence-corrected chi connectivity index (χ2v) is 2.50. The third kappa shape index (κ3) is 6.26. The number of rotatable bonds is 3. The average Bonchev–Trinajstić information content (AvgIpc) is 1.67. The molecule has 0 saturated carbocycles. The van der Waals surface area contributed by atoms with Crippen molar-refractivity contribution >= 4 is 17.7 Å². The Hall–Kier alpha value is 0.377. The van der Waals surface area contributed by atoms with Gasteiger partial charge in [0, 0.05) is 0 Å². The Morgan fingerprint density at radius 3 is 2.44 bits per heavy atom.